The average molecular weight is 459 g/mol. The molecule has 2 N–H and O–H groups in total. The van der Waals surface area contributed by atoms with Crippen LogP contribution in [0.1, 0.15) is 54.8 Å². The Morgan fingerprint density at radius 3 is 2.66 bits per heavy atom. The van der Waals surface area contributed by atoms with Crippen molar-refractivity contribution in [3.8, 4) is 0 Å². The third-order valence-corrected chi connectivity index (χ3v) is 5.84. The van der Waals surface area contributed by atoms with E-state index in [1.54, 1.807) is 36.2 Å². The summed E-state index contributed by atoms with van der Waals surface area (Å²) in [6.45, 7) is 2.91. The van der Waals surface area contributed by atoms with E-state index in [0.717, 1.165) is 25.7 Å². The Balaban J connectivity index is 1.98. The van der Waals surface area contributed by atoms with Crippen LogP contribution in [0.2, 0.25) is 5.02 Å². The molecule has 0 aliphatic rings. The number of benzene rings is 2. The maximum atomic E-state index is 13.8. The molecule has 0 saturated heterocycles. The number of aromatic nitrogens is 2. The van der Waals surface area contributed by atoms with Crippen LogP contribution in [0.3, 0.4) is 0 Å². The van der Waals surface area contributed by atoms with Gasteiger partial charge < -0.3 is 10.6 Å². The van der Waals surface area contributed by atoms with Crippen LogP contribution in [0, 0.1) is 5.82 Å². The van der Waals surface area contributed by atoms with Gasteiger partial charge in [0.15, 0.2) is 0 Å². The largest absolute Gasteiger partial charge is 0.330 e. The first kappa shape index (κ1) is 23.9. The molecule has 3 aromatic rings. The Bertz CT molecular complexity index is 1160. The highest BCUT2D eigenvalue weighted by Crippen LogP contribution is 2.24. The number of halogens is 2. The van der Waals surface area contributed by atoms with Crippen molar-refractivity contribution in [2.45, 2.75) is 38.6 Å². The van der Waals surface area contributed by atoms with Gasteiger partial charge >= 0.3 is 0 Å². The van der Waals surface area contributed by atoms with Gasteiger partial charge in [0.25, 0.3) is 11.5 Å². The Hall–Kier alpha value is -2.77. The molecule has 1 heterocycles. The van der Waals surface area contributed by atoms with Crippen molar-refractivity contribution in [2.75, 3.05) is 13.1 Å². The van der Waals surface area contributed by atoms with E-state index >= 15 is 0 Å². The smallest absolute Gasteiger partial charge is 0.261 e. The Morgan fingerprint density at radius 1 is 1.19 bits per heavy atom. The van der Waals surface area contributed by atoms with Gasteiger partial charge in [-0.25, -0.2) is 9.37 Å². The molecule has 0 aliphatic carbocycles. The number of rotatable bonds is 9. The topological polar surface area (TPSA) is 81.2 Å². The third-order valence-electron chi connectivity index (χ3n) is 5.60. The van der Waals surface area contributed by atoms with Crippen molar-refractivity contribution in [3.05, 3.63) is 75.0 Å². The normalized spacial score (nSPS) is 12.2. The van der Waals surface area contributed by atoms with Crippen LogP contribution in [0.4, 0.5) is 4.39 Å². The quantitative estimate of drug-likeness (QED) is 0.480. The molecule has 0 bridgehead atoms. The van der Waals surface area contributed by atoms with E-state index in [9.17, 15) is 14.0 Å². The molecule has 1 aromatic heterocycles. The highest BCUT2D eigenvalue weighted by Gasteiger charge is 2.26. The summed E-state index contributed by atoms with van der Waals surface area (Å²) in [6, 6.07) is 10.1. The number of carbonyl (C=O) groups is 1. The lowest BCUT2D eigenvalue weighted by molar-refractivity contribution is 0.0675. The summed E-state index contributed by atoms with van der Waals surface area (Å²) >= 11 is 6.10. The predicted octanol–water partition coefficient (Wildman–Crippen LogP) is 4.45. The number of unbranched alkanes of at least 4 members (excludes halogenated alkanes) is 3. The first-order chi connectivity index (χ1) is 15.3. The third kappa shape index (κ3) is 5.34. The fourth-order valence-electron chi connectivity index (χ4n) is 3.81. The van der Waals surface area contributed by atoms with Gasteiger partial charge in [0.1, 0.15) is 11.6 Å². The van der Waals surface area contributed by atoms with E-state index in [0.29, 0.717) is 34.8 Å². The zero-order valence-electron chi connectivity index (χ0n) is 18.4. The summed E-state index contributed by atoms with van der Waals surface area (Å²) in [6.07, 6.45) is 3.57. The number of amides is 1. The van der Waals surface area contributed by atoms with Crippen molar-refractivity contribution < 1.29 is 9.18 Å². The summed E-state index contributed by atoms with van der Waals surface area (Å²) in [4.78, 5) is 32.6. The number of nitrogens with two attached hydrogens (primary N) is 1. The molecule has 0 aliphatic heterocycles. The SMILES string of the molecule is CC(c1nc2cc(Cl)ccc2c(=O)n1C)N(CCCCCCN)C(=O)c1cccc(F)c1. The Morgan fingerprint density at radius 2 is 1.94 bits per heavy atom. The maximum absolute atomic E-state index is 13.8. The van der Waals surface area contributed by atoms with Gasteiger partial charge in [0, 0.05) is 24.2 Å². The van der Waals surface area contributed by atoms with Crippen molar-refractivity contribution in [2.24, 2.45) is 12.8 Å². The molecule has 6 nitrogen and oxygen atoms in total. The van der Waals surface area contributed by atoms with Gasteiger partial charge in [0.2, 0.25) is 0 Å². The van der Waals surface area contributed by atoms with Crippen LogP contribution < -0.4 is 11.3 Å². The summed E-state index contributed by atoms with van der Waals surface area (Å²) in [5.41, 5.74) is 6.09. The zero-order chi connectivity index (χ0) is 23.3. The molecular weight excluding hydrogens is 431 g/mol. The molecule has 170 valence electrons. The molecule has 0 radical (unpaired) electrons. The summed E-state index contributed by atoms with van der Waals surface area (Å²) in [5, 5.41) is 0.932. The standard InChI is InChI=1S/C24H28ClFN4O2/c1-16(22-28-21-15-18(25)10-11-20(21)24(32)29(22)2)30(13-6-4-3-5-12-27)23(31)17-8-7-9-19(26)14-17/h7-11,14-16H,3-6,12-13,27H2,1-2H3. The van der Waals surface area contributed by atoms with Crippen LogP contribution in [0.25, 0.3) is 10.9 Å². The van der Waals surface area contributed by atoms with Crippen molar-refractivity contribution in [1.29, 1.82) is 0 Å². The highest BCUT2D eigenvalue weighted by molar-refractivity contribution is 6.31. The molecule has 0 spiro atoms. The first-order valence-corrected chi connectivity index (χ1v) is 11.1. The molecule has 3 rings (SSSR count). The first-order valence-electron chi connectivity index (χ1n) is 10.8. The number of hydrogen-bond acceptors (Lipinski definition) is 4. The van der Waals surface area contributed by atoms with Crippen molar-refractivity contribution >= 4 is 28.4 Å². The van der Waals surface area contributed by atoms with Gasteiger partial charge in [-0.2, -0.15) is 0 Å². The molecule has 1 atom stereocenters. The average Bonchev–Trinajstić information content (AvgIpc) is 2.77. The van der Waals surface area contributed by atoms with Crippen molar-refractivity contribution in [1.82, 2.24) is 14.5 Å². The van der Waals surface area contributed by atoms with E-state index in [1.165, 1.54) is 22.8 Å². The lowest BCUT2D eigenvalue weighted by Crippen LogP contribution is -2.38. The lowest BCUT2D eigenvalue weighted by atomic mass is 10.1. The van der Waals surface area contributed by atoms with Gasteiger partial charge in [-0.15, -0.1) is 0 Å². The minimum atomic E-state index is -0.513. The number of fused-ring (bicyclic) bond motifs is 1. The number of hydrogen-bond donors (Lipinski definition) is 1. The second-order valence-corrected chi connectivity index (χ2v) is 8.32. The van der Waals surface area contributed by atoms with Gasteiger partial charge in [-0.05, 0) is 62.7 Å². The summed E-state index contributed by atoms with van der Waals surface area (Å²) < 4.78 is 15.2. The molecule has 8 heteroatoms. The number of nitrogens with zero attached hydrogens (tertiary/aromatic N) is 3. The number of carbonyl (C=O) groups excluding carboxylic acids is 1. The molecule has 32 heavy (non-hydrogen) atoms. The van der Waals surface area contributed by atoms with Gasteiger partial charge in [0.05, 0.1) is 16.9 Å². The summed E-state index contributed by atoms with van der Waals surface area (Å²) in [5.74, 6) is -0.343. The van der Waals surface area contributed by atoms with E-state index in [4.69, 9.17) is 17.3 Å². The predicted molar refractivity (Wildman–Crippen MR) is 125 cm³/mol. The monoisotopic (exact) mass is 458 g/mol. The van der Waals surface area contributed by atoms with Crippen LogP contribution in [-0.2, 0) is 7.05 Å². The molecule has 1 unspecified atom stereocenters. The summed E-state index contributed by atoms with van der Waals surface area (Å²) in [7, 11) is 1.64. The lowest BCUT2D eigenvalue weighted by Gasteiger charge is -2.30. The van der Waals surface area contributed by atoms with E-state index in [2.05, 4.69) is 4.98 Å². The second kappa shape index (κ2) is 10.7. The van der Waals surface area contributed by atoms with E-state index < -0.39 is 11.9 Å². The second-order valence-electron chi connectivity index (χ2n) is 7.88. The Labute approximate surface area is 191 Å². The van der Waals surface area contributed by atoms with Crippen LogP contribution in [0.15, 0.2) is 47.3 Å². The minimum Gasteiger partial charge on any atom is -0.330 e. The van der Waals surface area contributed by atoms with Crippen LogP contribution in [0.5, 0.6) is 0 Å². The highest BCUT2D eigenvalue weighted by atomic mass is 35.5. The fourth-order valence-corrected chi connectivity index (χ4v) is 3.98. The fraction of sp³-hybridized carbons (Fsp3) is 0.375. The molecule has 0 saturated carbocycles. The van der Waals surface area contributed by atoms with E-state index in [1.807, 2.05) is 6.92 Å². The zero-order valence-corrected chi connectivity index (χ0v) is 19.1. The molecule has 2 aromatic carbocycles. The molecule has 1 amide bonds. The van der Waals surface area contributed by atoms with Crippen molar-refractivity contribution in [3.63, 3.8) is 0 Å². The van der Waals surface area contributed by atoms with Gasteiger partial charge in [-0.3, -0.25) is 14.2 Å². The van der Waals surface area contributed by atoms with Crippen LogP contribution >= 0.6 is 11.6 Å². The molecular formula is C24H28ClFN4O2. The minimum absolute atomic E-state index is 0.213. The Kier molecular flexibility index (Phi) is 7.99. The van der Waals surface area contributed by atoms with Gasteiger partial charge in [-0.1, -0.05) is 30.5 Å². The molecule has 0 fully saturated rings. The maximum Gasteiger partial charge on any atom is 0.261 e. The van der Waals surface area contributed by atoms with E-state index in [-0.39, 0.29) is 17.0 Å². The van der Waals surface area contributed by atoms with Crippen LogP contribution in [-0.4, -0.2) is 33.4 Å².